The fourth-order valence-electron chi connectivity index (χ4n) is 2.73. The van der Waals surface area contributed by atoms with E-state index in [1.165, 1.54) is 24.5 Å². The zero-order chi connectivity index (χ0) is 20.3. The summed E-state index contributed by atoms with van der Waals surface area (Å²) in [7, 11) is -4.19. The van der Waals surface area contributed by atoms with Crippen LogP contribution in [-0.2, 0) is 24.4 Å². The topological polar surface area (TPSA) is 132 Å². The van der Waals surface area contributed by atoms with Gasteiger partial charge in [0, 0.05) is 24.4 Å². The molecule has 1 atom stereocenters. The number of amidine groups is 1. The largest absolute Gasteiger partial charge is 0.380 e. The number of sulfonamides is 1. The van der Waals surface area contributed by atoms with E-state index < -0.39 is 27.9 Å². The first-order valence-corrected chi connectivity index (χ1v) is 9.83. The summed E-state index contributed by atoms with van der Waals surface area (Å²) in [6.07, 6.45) is 2.90. The van der Waals surface area contributed by atoms with Crippen LogP contribution in [0.1, 0.15) is 24.0 Å². The van der Waals surface area contributed by atoms with Gasteiger partial charge in [-0.1, -0.05) is 22.9 Å². The number of nitrogens with zero attached hydrogens (tertiary/aromatic N) is 3. The SMILES string of the molecule is Cc1ccc(S(=O)(=O)N2C(=O)CC[C@H]2C(=O)O/N=C(/N)c2ccncc2)cc1. The minimum atomic E-state index is -4.19. The van der Waals surface area contributed by atoms with E-state index in [1.54, 1.807) is 24.3 Å². The van der Waals surface area contributed by atoms with Crippen molar-refractivity contribution < 1.29 is 22.8 Å². The third kappa shape index (κ3) is 3.86. The van der Waals surface area contributed by atoms with Crippen LogP contribution >= 0.6 is 0 Å². The van der Waals surface area contributed by atoms with Crippen molar-refractivity contribution in [2.45, 2.75) is 30.7 Å². The Labute approximate surface area is 161 Å². The van der Waals surface area contributed by atoms with Gasteiger partial charge in [-0.15, -0.1) is 0 Å². The molecular formula is C18H18N4O5S. The van der Waals surface area contributed by atoms with E-state index in [0.29, 0.717) is 9.87 Å². The first-order valence-electron chi connectivity index (χ1n) is 8.39. The van der Waals surface area contributed by atoms with Gasteiger partial charge in [0.2, 0.25) is 5.91 Å². The maximum atomic E-state index is 12.9. The minimum absolute atomic E-state index is 0.00738. The number of aryl methyl sites for hydroxylation is 1. The van der Waals surface area contributed by atoms with Crippen LogP contribution in [0.4, 0.5) is 0 Å². The number of nitrogens with two attached hydrogens (primary N) is 1. The molecule has 1 saturated heterocycles. The molecule has 1 aromatic heterocycles. The standard InChI is InChI=1S/C18H18N4O5S/c1-12-2-4-14(5-3-12)28(25,26)22-15(6-7-16(22)23)18(24)27-21-17(19)13-8-10-20-11-9-13/h2-5,8-11,15H,6-7H2,1H3,(H2,19,21)/t15-/m0/s1. The van der Waals surface area contributed by atoms with E-state index in [9.17, 15) is 18.0 Å². The molecule has 1 aromatic carbocycles. The molecule has 146 valence electrons. The molecule has 9 nitrogen and oxygen atoms in total. The highest BCUT2D eigenvalue weighted by Crippen LogP contribution is 2.28. The third-order valence-corrected chi connectivity index (χ3v) is 6.06. The van der Waals surface area contributed by atoms with E-state index >= 15 is 0 Å². The highest BCUT2D eigenvalue weighted by Gasteiger charge is 2.45. The van der Waals surface area contributed by atoms with E-state index in [0.717, 1.165) is 5.56 Å². The third-order valence-electron chi connectivity index (χ3n) is 4.22. The molecule has 0 radical (unpaired) electrons. The molecule has 0 saturated carbocycles. The van der Waals surface area contributed by atoms with Gasteiger partial charge in [0.05, 0.1) is 4.90 Å². The summed E-state index contributed by atoms with van der Waals surface area (Å²) in [4.78, 5) is 33.2. The van der Waals surface area contributed by atoms with E-state index in [1.807, 2.05) is 6.92 Å². The predicted octanol–water partition coefficient (Wildman–Crippen LogP) is 0.933. The van der Waals surface area contributed by atoms with Crippen molar-refractivity contribution in [3.05, 3.63) is 59.9 Å². The molecule has 0 bridgehead atoms. The smallest absolute Gasteiger partial charge is 0.358 e. The van der Waals surface area contributed by atoms with Gasteiger partial charge in [0.25, 0.3) is 10.0 Å². The van der Waals surface area contributed by atoms with Gasteiger partial charge in [0.1, 0.15) is 6.04 Å². The quantitative estimate of drug-likeness (QED) is 0.340. The summed E-state index contributed by atoms with van der Waals surface area (Å²) in [5.41, 5.74) is 7.09. The van der Waals surface area contributed by atoms with Crippen molar-refractivity contribution in [1.82, 2.24) is 9.29 Å². The molecule has 28 heavy (non-hydrogen) atoms. The number of carbonyl (C=O) groups excluding carboxylic acids is 2. The summed E-state index contributed by atoms with van der Waals surface area (Å²) in [5, 5.41) is 3.55. The van der Waals surface area contributed by atoms with E-state index in [4.69, 9.17) is 10.6 Å². The lowest BCUT2D eigenvalue weighted by Crippen LogP contribution is -2.43. The fourth-order valence-corrected chi connectivity index (χ4v) is 4.32. The van der Waals surface area contributed by atoms with Crippen LogP contribution in [0.2, 0.25) is 0 Å². The second kappa shape index (κ2) is 7.77. The lowest BCUT2D eigenvalue weighted by Gasteiger charge is -2.22. The molecule has 0 spiro atoms. The molecule has 1 fully saturated rings. The summed E-state index contributed by atoms with van der Waals surface area (Å²) in [6, 6.07) is 7.84. The van der Waals surface area contributed by atoms with Crippen molar-refractivity contribution in [1.29, 1.82) is 0 Å². The Morgan fingerprint density at radius 1 is 1.21 bits per heavy atom. The summed E-state index contributed by atoms with van der Waals surface area (Å²) in [6.45, 7) is 1.81. The van der Waals surface area contributed by atoms with Gasteiger partial charge < -0.3 is 10.6 Å². The average Bonchev–Trinajstić information content (AvgIpc) is 3.09. The van der Waals surface area contributed by atoms with Crippen molar-refractivity contribution in [3.8, 4) is 0 Å². The van der Waals surface area contributed by atoms with Crippen molar-refractivity contribution >= 4 is 27.7 Å². The Balaban J connectivity index is 1.82. The first-order chi connectivity index (χ1) is 13.3. The van der Waals surface area contributed by atoms with Crippen LogP contribution in [0, 0.1) is 6.92 Å². The Kier molecular flexibility index (Phi) is 5.41. The number of pyridine rings is 1. The van der Waals surface area contributed by atoms with Crippen molar-refractivity contribution in [2.75, 3.05) is 0 Å². The Morgan fingerprint density at radius 2 is 1.86 bits per heavy atom. The molecule has 1 aliphatic rings. The van der Waals surface area contributed by atoms with Crippen molar-refractivity contribution in [3.63, 3.8) is 0 Å². The maximum Gasteiger partial charge on any atom is 0.358 e. The Morgan fingerprint density at radius 3 is 2.50 bits per heavy atom. The second-order valence-electron chi connectivity index (χ2n) is 6.18. The maximum absolute atomic E-state index is 12.9. The number of hydrogen-bond donors (Lipinski definition) is 1. The van der Waals surface area contributed by atoms with Crippen LogP contribution < -0.4 is 5.73 Å². The number of amides is 1. The molecule has 1 aliphatic heterocycles. The average molecular weight is 402 g/mol. The lowest BCUT2D eigenvalue weighted by atomic mass is 10.2. The normalized spacial score (nSPS) is 17.6. The highest BCUT2D eigenvalue weighted by atomic mass is 32.2. The second-order valence-corrected chi connectivity index (χ2v) is 8.00. The van der Waals surface area contributed by atoms with Crippen LogP contribution in [0.15, 0.2) is 58.8 Å². The molecule has 10 heteroatoms. The van der Waals surface area contributed by atoms with Gasteiger partial charge in [-0.25, -0.2) is 17.5 Å². The van der Waals surface area contributed by atoms with Gasteiger partial charge in [-0.05, 0) is 37.6 Å². The van der Waals surface area contributed by atoms with Gasteiger partial charge in [0.15, 0.2) is 5.84 Å². The number of rotatable bonds is 5. The number of carbonyl (C=O) groups is 2. The van der Waals surface area contributed by atoms with E-state index in [2.05, 4.69) is 10.1 Å². The lowest BCUT2D eigenvalue weighted by molar-refractivity contribution is -0.149. The van der Waals surface area contributed by atoms with Gasteiger partial charge in [-0.2, -0.15) is 0 Å². The van der Waals surface area contributed by atoms with Gasteiger partial charge >= 0.3 is 5.97 Å². The monoisotopic (exact) mass is 402 g/mol. The Hall–Kier alpha value is -3.27. The minimum Gasteiger partial charge on any atom is -0.380 e. The summed E-state index contributed by atoms with van der Waals surface area (Å²) >= 11 is 0. The number of aromatic nitrogens is 1. The molecule has 2 heterocycles. The summed E-state index contributed by atoms with van der Waals surface area (Å²) < 4.78 is 26.3. The predicted molar refractivity (Wildman–Crippen MR) is 99.3 cm³/mol. The zero-order valence-electron chi connectivity index (χ0n) is 15.0. The molecule has 3 rings (SSSR count). The summed E-state index contributed by atoms with van der Waals surface area (Å²) in [5.74, 6) is -1.72. The number of oxime groups is 1. The zero-order valence-corrected chi connectivity index (χ0v) is 15.8. The molecule has 2 aromatic rings. The number of benzene rings is 1. The van der Waals surface area contributed by atoms with Crippen LogP contribution in [0.5, 0.6) is 0 Å². The molecule has 0 unspecified atom stereocenters. The molecule has 2 N–H and O–H groups in total. The van der Waals surface area contributed by atoms with Gasteiger partial charge in [-0.3, -0.25) is 9.78 Å². The first kappa shape index (κ1) is 19.5. The van der Waals surface area contributed by atoms with E-state index in [-0.39, 0.29) is 23.6 Å². The van der Waals surface area contributed by atoms with Crippen molar-refractivity contribution in [2.24, 2.45) is 10.9 Å². The van der Waals surface area contributed by atoms with Crippen LogP contribution in [-0.4, -0.2) is 41.5 Å². The van der Waals surface area contributed by atoms with Crippen LogP contribution in [0.25, 0.3) is 0 Å². The fraction of sp³-hybridized carbons (Fsp3) is 0.222. The van der Waals surface area contributed by atoms with Crippen LogP contribution in [0.3, 0.4) is 0 Å². The Bertz CT molecular complexity index is 1020. The highest BCUT2D eigenvalue weighted by molar-refractivity contribution is 7.89. The molecule has 1 amide bonds. The molecule has 0 aliphatic carbocycles. The molecular weight excluding hydrogens is 384 g/mol. The number of hydrogen-bond acceptors (Lipinski definition) is 7.